The lowest BCUT2D eigenvalue weighted by Crippen LogP contribution is -2.25. The van der Waals surface area contributed by atoms with Gasteiger partial charge in [-0.25, -0.2) is 4.98 Å². The van der Waals surface area contributed by atoms with Gasteiger partial charge in [0.25, 0.3) is 5.95 Å². The normalized spacial score (nSPS) is 22.8. The van der Waals surface area contributed by atoms with Crippen LogP contribution in [0.1, 0.15) is 24.2 Å². The van der Waals surface area contributed by atoms with E-state index in [-0.39, 0.29) is 12.1 Å². The Bertz CT molecular complexity index is 568. The lowest BCUT2D eigenvalue weighted by Gasteiger charge is -2.19. The zero-order chi connectivity index (χ0) is 14.8. The number of aromatic nitrogens is 5. The fourth-order valence-corrected chi connectivity index (χ4v) is 2.53. The van der Waals surface area contributed by atoms with E-state index in [0.29, 0.717) is 18.4 Å². The van der Waals surface area contributed by atoms with Gasteiger partial charge in [-0.3, -0.25) is 10.00 Å². The number of H-pyrrole nitrogens is 1. The molecule has 1 N–H and O–H groups in total. The minimum atomic E-state index is 0.118. The monoisotopic (exact) mass is 293 g/mol. The fourth-order valence-electron chi connectivity index (χ4n) is 2.53. The number of nitrogens with one attached hydrogen (secondary N) is 1. The van der Waals surface area contributed by atoms with Crippen LogP contribution in [-0.2, 0) is 11.3 Å². The van der Waals surface area contributed by atoms with E-state index in [4.69, 9.17) is 9.26 Å². The molecule has 1 saturated heterocycles. The molecular weight excluding hydrogens is 274 g/mol. The standard InChI is InChI=1S/C12H19N7O2/c1-18(2)12-15-10(21-17-12)6-19-5-8(20-3)4-9(19)11-13-7-14-16-11/h7-9H,4-6H2,1-3H3,(H,13,14,16)/t8-,9+/m1/s1. The molecule has 0 aromatic carbocycles. The topological polar surface area (TPSA) is 96.2 Å². The molecule has 9 heteroatoms. The van der Waals surface area contributed by atoms with Gasteiger partial charge in [-0.2, -0.15) is 10.1 Å². The molecule has 0 aliphatic carbocycles. The minimum absolute atomic E-state index is 0.118. The van der Waals surface area contributed by atoms with Crippen molar-refractivity contribution in [2.24, 2.45) is 0 Å². The van der Waals surface area contributed by atoms with E-state index in [1.807, 2.05) is 19.0 Å². The SMILES string of the molecule is CO[C@@H]1C[C@@H](c2ncn[nH]2)N(Cc2nc(N(C)C)no2)C1. The molecule has 0 radical (unpaired) electrons. The molecule has 114 valence electrons. The Labute approximate surface area is 122 Å². The van der Waals surface area contributed by atoms with Crippen molar-refractivity contribution >= 4 is 5.95 Å². The summed E-state index contributed by atoms with van der Waals surface area (Å²) in [5.74, 6) is 1.99. The summed E-state index contributed by atoms with van der Waals surface area (Å²) in [5, 5.41) is 10.8. The first kappa shape index (κ1) is 14.0. The molecule has 3 heterocycles. The Hall–Kier alpha value is -2.00. The van der Waals surface area contributed by atoms with Gasteiger partial charge in [-0.15, -0.1) is 0 Å². The predicted molar refractivity (Wildman–Crippen MR) is 73.6 cm³/mol. The molecule has 3 rings (SSSR count). The highest BCUT2D eigenvalue weighted by Gasteiger charge is 2.35. The summed E-state index contributed by atoms with van der Waals surface area (Å²) in [4.78, 5) is 12.6. The molecule has 1 aliphatic rings. The van der Waals surface area contributed by atoms with Crippen LogP contribution in [0.25, 0.3) is 0 Å². The maximum absolute atomic E-state index is 5.47. The van der Waals surface area contributed by atoms with Gasteiger partial charge in [-0.1, -0.05) is 0 Å². The van der Waals surface area contributed by atoms with Crippen LogP contribution in [0.5, 0.6) is 0 Å². The number of aromatic amines is 1. The summed E-state index contributed by atoms with van der Waals surface area (Å²) in [6.45, 7) is 1.35. The van der Waals surface area contributed by atoms with Crippen molar-refractivity contribution in [1.29, 1.82) is 0 Å². The van der Waals surface area contributed by atoms with Crippen molar-refractivity contribution in [1.82, 2.24) is 30.2 Å². The first-order chi connectivity index (χ1) is 10.2. The maximum Gasteiger partial charge on any atom is 0.265 e. The Kier molecular flexibility index (Phi) is 3.84. The van der Waals surface area contributed by atoms with Gasteiger partial charge in [-0.05, 0) is 11.6 Å². The molecule has 1 fully saturated rings. The van der Waals surface area contributed by atoms with Crippen LogP contribution in [0.3, 0.4) is 0 Å². The van der Waals surface area contributed by atoms with Gasteiger partial charge in [0, 0.05) is 27.7 Å². The van der Waals surface area contributed by atoms with Gasteiger partial charge >= 0.3 is 0 Å². The van der Waals surface area contributed by atoms with Crippen LogP contribution < -0.4 is 4.90 Å². The highest BCUT2D eigenvalue weighted by molar-refractivity contribution is 5.23. The van der Waals surface area contributed by atoms with E-state index in [1.165, 1.54) is 6.33 Å². The molecule has 0 spiro atoms. The van der Waals surface area contributed by atoms with Gasteiger partial charge in [0.1, 0.15) is 12.2 Å². The van der Waals surface area contributed by atoms with Crippen molar-refractivity contribution in [2.75, 3.05) is 32.6 Å². The van der Waals surface area contributed by atoms with Crippen molar-refractivity contribution < 1.29 is 9.26 Å². The number of hydrogen-bond acceptors (Lipinski definition) is 8. The molecule has 21 heavy (non-hydrogen) atoms. The number of rotatable bonds is 5. The van der Waals surface area contributed by atoms with Crippen LogP contribution in [0.4, 0.5) is 5.95 Å². The Morgan fingerprint density at radius 1 is 1.52 bits per heavy atom. The third-order valence-electron chi connectivity index (χ3n) is 3.64. The molecule has 0 unspecified atom stereocenters. The second-order valence-electron chi connectivity index (χ2n) is 5.29. The molecule has 2 atom stereocenters. The van der Waals surface area contributed by atoms with Crippen LogP contribution in [0.2, 0.25) is 0 Å². The average molecular weight is 293 g/mol. The van der Waals surface area contributed by atoms with Crippen molar-refractivity contribution in [3.05, 3.63) is 18.0 Å². The van der Waals surface area contributed by atoms with E-state index < -0.39 is 0 Å². The van der Waals surface area contributed by atoms with E-state index in [0.717, 1.165) is 18.8 Å². The van der Waals surface area contributed by atoms with E-state index >= 15 is 0 Å². The van der Waals surface area contributed by atoms with Gasteiger partial charge in [0.05, 0.1) is 18.7 Å². The number of nitrogens with zero attached hydrogens (tertiary/aromatic N) is 6. The third kappa shape index (κ3) is 2.88. The van der Waals surface area contributed by atoms with E-state index in [2.05, 4.69) is 30.2 Å². The maximum atomic E-state index is 5.47. The summed E-state index contributed by atoms with van der Waals surface area (Å²) < 4.78 is 10.8. The van der Waals surface area contributed by atoms with Crippen LogP contribution in [0, 0.1) is 0 Å². The number of ether oxygens (including phenoxy) is 1. The number of likely N-dealkylation sites (tertiary alicyclic amines) is 1. The Morgan fingerprint density at radius 2 is 2.38 bits per heavy atom. The highest BCUT2D eigenvalue weighted by Crippen LogP contribution is 2.32. The summed E-state index contributed by atoms with van der Waals surface area (Å²) in [7, 11) is 5.48. The molecule has 0 bridgehead atoms. The zero-order valence-electron chi connectivity index (χ0n) is 12.4. The number of hydrogen-bond donors (Lipinski definition) is 1. The van der Waals surface area contributed by atoms with Crippen LogP contribution in [0.15, 0.2) is 10.9 Å². The van der Waals surface area contributed by atoms with Gasteiger partial charge in [0.15, 0.2) is 0 Å². The van der Waals surface area contributed by atoms with Crippen molar-refractivity contribution in [3.8, 4) is 0 Å². The highest BCUT2D eigenvalue weighted by atomic mass is 16.5. The third-order valence-corrected chi connectivity index (χ3v) is 3.64. The van der Waals surface area contributed by atoms with Gasteiger partial charge in [0.2, 0.25) is 5.89 Å². The number of methoxy groups -OCH3 is 1. The van der Waals surface area contributed by atoms with Crippen LogP contribution in [-0.4, -0.2) is 64.1 Å². The molecule has 2 aromatic heterocycles. The fraction of sp³-hybridized carbons (Fsp3) is 0.667. The summed E-state index contributed by atoms with van der Waals surface area (Å²) >= 11 is 0. The molecule has 2 aromatic rings. The minimum Gasteiger partial charge on any atom is -0.380 e. The molecule has 0 amide bonds. The Balaban J connectivity index is 1.75. The average Bonchev–Trinajstić information content (AvgIpc) is 3.18. The van der Waals surface area contributed by atoms with Crippen molar-refractivity contribution in [3.63, 3.8) is 0 Å². The van der Waals surface area contributed by atoms with E-state index in [1.54, 1.807) is 7.11 Å². The lowest BCUT2D eigenvalue weighted by atomic mass is 10.2. The Morgan fingerprint density at radius 3 is 3.00 bits per heavy atom. The lowest BCUT2D eigenvalue weighted by molar-refractivity contribution is 0.105. The summed E-state index contributed by atoms with van der Waals surface area (Å²) in [5.41, 5.74) is 0. The second kappa shape index (κ2) is 5.78. The predicted octanol–water partition coefficient (Wildman–Crippen LogP) is 0.216. The first-order valence-electron chi connectivity index (χ1n) is 6.79. The smallest absolute Gasteiger partial charge is 0.265 e. The second-order valence-corrected chi connectivity index (χ2v) is 5.29. The molecule has 9 nitrogen and oxygen atoms in total. The quantitative estimate of drug-likeness (QED) is 0.836. The zero-order valence-corrected chi connectivity index (χ0v) is 12.4. The summed E-state index contributed by atoms with van der Waals surface area (Å²) in [6.07, 6.45) is 2.54. The van der Waals surface area contributed by atoms with Crippen LogP contribution >= 0.6 is 0 Å². The molecule has 0 saturated carbocycles. The molecule has 1 aliphatic heterocycles. The first-order valence-corrected chi connectivity index (χ1v) is 6.79. The van der Waals surface area contributed by atoms with Crippen molar-refractivity contribution in [2.45, 2.75) is 25.1 Å². The molecular formula is C12H19N7O2. The summed E-state index contributed by atoms with van der Waals surface area (Å²) in [6, 6.07) is 0.118. The largest absolute Gasteiger partial charge is 0.380 e. The van der Waals surface area contributed by atoms with E-state index in [9.17, 15) is 0 Å². The van der Waals surface area contributed by atoms with Gasteiger partial charge < -0.3 is 14.2 Å². The number of anilines is 1.